The van der Waals surface area contributed by atoms with Crippen molar-refractivity contribution in [1.82, 2.24) is 9.97 Å². The lowest BCUT2D eigenvalue weighted by molar-refractivity contribution is 0.0475. The van der Waals surface area contributed by atoms with E-state index in [4.69, 9.17) is 16.3 Å². The summed E-state index contributed by atoms with van der Waals surface area (Å²) in [5.41, 5.74) is 2.71. The minimum Gasteiger partial charge on any atom is -0.454 e. The lowest BCUT2D eigenvalue weighted by Crippen LogP contribution is -2.16. The molecule has 2 heterocycles. The van der Waals surface area contributed by atoms with Crippen LogP contribution < -0.4 is 0 Å². The number of aromatic amines is 1. The number of hydrogen-bond acceptors (Lipinski definition) is 5. The second-order valence-electron chi connectivity index (χ2n) is 6.19. The van der Waals surface area contributed by atoms with E-state index >= 15 is 0 Å². The van der Waals surface area contributed by atoms with Crippen molar-refractivity contribution in [3.63, 3.8) is 0 Å². The molecular weight excluding hydrogens is 368 g/mol. The Kier molecular flexibility index (Phi) is 5.10. The number of carbonyl (C=O) groups excluding carboxylic acids is 3. The van der Waals surface area contributed by atoms with Gasteiger partial charge < -0.3 is 9.72 Å². The Labute approximate surface area is 160 Å². The number of nitrogens with zero attached hydrogens (tertiary/aromatic N) is 1. The minimum atomic E-state index is -0.670. The van der Waals surface area contributed by atoms with E-state index in [-0.39, 0.29) is 22.2 Å². The summed E-state index contributed by atoms with van der Waals surface area (Å²) >= 11 is 5.97. The van der Waals surface area contributed by atoms with Gasteiger partial charge in [0.15, 0.2) is 12.4 Å². The number of rotatable bonds is 5. The van der Waals surface area contributed by atoms with Crippen LogP contribution in [-0.2, 0) is 4.74 Å². The minimum absolute atomic E-state index is 0.129. The average molecular weight is 385 g/mol. The van der Waals surface area contributed by atoms with Gasteiger partial charge in [0.1, 0.15) is 5.15 Å². The van der Waals surface area contributed by atoms with Crippen molar-refractivity contribution >= 4 is 40.0 Å². The van der Waals surface area contributed by atoms with Crippen molar-refractivity contribution in [3.8, 4) is 0 Å². The third kappa shape index (κ3) is 3.61. The number of halogens is 1. The number of aromatic nitrogens is 2. The molecule has 0 amide bonds. The summed E-state index contributed by atoms with van der Waals surface area (Å²) in [6.07, 6.45) is 0. The Balaban J connectivity index is 1.82. The van der Waals surface area contributed by atoms with Gasteiger partial charge in [0.05, 0.1) is 16.8 Å². The molecular formula is C20H17ClN2O4. The highest BCUT2D eigenvalue weighted by atomic mass is 35.5. The molecule has 6 nitrogen and oxygen atoms in total. The fraction of sp³-hybridized carbons (Fsp3) is 0.200. The monoisotopic (exact) mass is 384 g/mol. The number of aryl methyl sites for hydroxylation is 1. The number of ketones is 2. The van der Waals surface area contributed by atoms with Crippen LogP contribution >= 0.6 is 11.6 Å². The number of nitrogens with one attached hydrogen (secondary N) is 1. The van der Waals surface area contributed by atoms with Crippen LogP contribution in [0.25, 0.3) is 10.9 Å². The van der Waals surface area contributed by atoms with E-state index in [9.17, 15) is 14.4 Å². The standard InChI is InChI=1S/C20H17ClN2O4/c1-10-18(12(3)24)11(2)22-19(10)16(25)9-27-20(26)14-8-17(21)23-15-7-5-4-6-13(14)15/h4-8,22H,9H2,1-3H3. The number of esters is 1. The van der Waals surface area contributed by atoms with Gasteiger partial charge in [-0.2, -0.15) is 0 Å². The van der Waals surface area contributed by atoms with E-state index in [0.717, 1.165) is 0 Å². The zero-order valence-electron chi connectivity index (χ0n) is 15.1. The van der Waals surface area contributed by atoms with Crippen LogP contribution in [0.2, 0.25) is 5.15 Å². The highest BCUT2D eigenvalue weighted by Crippen LogP contribution is 2.22. The van der Waals surface area contributed by atoms with Gasteiger partial charge in [0, 0.05) is 16.6 Å². The third-order valence-corrected chi connectivity index (χ3v) is 4.50. The number of hydrogen-bond donors (Lipinski definition) is 1. The molecule has 27 heavy (non-hydrogen) atoms. The van der Waals surface area contributed by atoms with E-state index < -0.39 is 18.4 Å². The van der Waals surface area contributed by atoms with Crippen LogP contribution in [0, 0.1) is 13.8 Å². The van der Waals surface area contributed by atoms with Crippen LogP contribution in [0.3, 0.4) is 0 Å². The Bertz CT molecular complexity index is 1090. The number of para-hydroxylation sites is 1. The van der Waals surface area contributed by atoms with E-state index in [2.05, 4.69) is 9.97 Å². The molecule has 2 aromatic heterocycles. The molecule has 7 heteroatoms. The predicted molar refractivity (Wildman–Crippen MR) is 102 cm³/mol. The number of H-pyrrole nitrogens is 1. The van der Waals surface area contributed by atoms with Crippen LogP contribution in [0.4, 0.5) is 0 Å². The van der Waals surface area contributed by atoms with Crippen molar-refractivity contribution in [1.29, 1.82) is 0 Å². The molecule has 0 saturated carbocycles. The summed E-state index contributed by atoms with van der Waals surface area (Å²) in [7, 11) is 0. The second kappa shape index (κ2) is 7.32. The van der Waals surface area contributed by atoms with Crippen molar-refractivity contribution < 1.29 is 19.1 Å². The quantitative estimate of drug-likeness (QED) is 0.407. The molecule has 0 aliphatic rings. The van der Waals surface area contributed by atoms with Crippen molar-refractivity contribution in [2.24, 2.45) is 0 Å². The molecule has 0 bridgehead atoms. The normalized spacial score (nSPS) is 10.8. The Morgan fingerprint density at radius 3 is 2.56 bits per heavy atom. The summed E-state index contributed by atoms with van der Waals surface area (Å²) in [5.74, 6) is -1.22. The second-order valence-corrected chi connectivity index (χ2v) is 6.58. The fourth-order valence-electron chi connectivity index (χ4n) is 3.15. The number of pyridine rings is 1. The number of Topliss-reactive ketones (excluding diaryl/α,β-unsaturated/α-hetero) is 2. The lowest BCUT2D eigenvalue weighted by Gasteiger charge is -2.07. The highest BCUT2D eigenvalue weighted by Gasteiger charge is 2.21. The maximum absolute atomic E-state index is 12.5. The van der Waals surface area contributed by atoms with Gasteiger partial charge in [0.2, 0.25) is 5.78 Å². The van der Waals surface area contributed by atoms with Gasteiger partial charge in [-0.3, -0.25) is 9.59 Å². The van der Waals surface area contributed by atoms with Gasteiger partial charge >= 0.3 is 5.97 Å². The van der Waals surface area contributed by atoms with Gasteiger partial charge in [0.25, 0.3) is 0 Å². The van der Waals surface area contributed by atoms with Gasteiger partial charge in [-0.05, 0) is 38.5 Å². The first-order valence-corrected chi connectivity index (χ1v) is 8.63. The molecule has 0 aliphatic heterocycles. The van der Waals surface area contributed by atoms with Gasteiger partial charge in [-0.25, -0.2) is 9.78 Å². The third-order valence-electron chi connectivity index (χ3n) is 4.31. The zero-order chi connectivity index (χ0) is 19.7. The van der Waals surface area contributed by atoms with Crippen LogP contribution in [-0.4, -0.2) is 34.1 Å². The van der Waals surface area contributed by atoms with E-state index in [1.165, 1.54) is 13.0 Å². The molecule has 3 aromatic rings. The molecule has 3 rings (SSSR count). The summed E-state index contributed by atoms with van der Waals surface area (Å²) in [5, 5.41) is 0.749. The molecule has 1 aromatic carbocycles. The molecule has 0 atom stereocenters. The van der Waals surface area contributed by atoms with Crippen LogP contribution in [0.15, 0.2) is 30.3 Å². The van der Waals surface area contributed by atoms with E-state index in [1.807, 2.05) is 0 Å². The molecule has 0 spiro atoms. The maximum Gasteiger partial charge on any atom is 0.339 e. The first-order chi connectivity index (χ1) is 12.8. The summed E-state index contributed by atoms with van der Waals surface area (Å²) < 4.78 is 5.19. The fourth-order valence-corrected chi connectivity index (χ4v) is 3.35. The van der Waals surface area contributed by atoms with Crippen LogP contribution in [0.5, 0.6) is 0 Å². The molecule has 1 N–H and O–H groups in total. The maximum atomic E-state index is 12.5. The van der Waals surface area contributed by atoms with Gasteiger partial charge in [-0.1, -0.05) is 29.8 Å². The van der Waals surface area contributed by atoms with Crippen molar-refractivity contribution in [3.05, 3.63) is 63.6 Å². The number of benzene rings is 1. The molecule has 0 fully saturated rings. The lowest BCUT2D eigenvalue weighted by atomic mass is 10.1. The van der Waals surface area contributed by atoms with E-state index in [1.54, 1.807) is 38.1 Å². The smallest absolute Gasteiger partial charge is 0.339 e. The Hall–Kier alpha value is -2.99. The van der Waals surface area contributed by atoms with Gasteiger partial charge in [-0.15, -0.1) is 0 Å². The largest absolute Gasteiger partial charge is 0.454 e. The molecule has 0 saturated heterocycles. The summed E-state index contributed by atoms with van der Waals surface area (Å²) in [6.45, 7) is 4.39. The highest BCUT2D eigenvalue weighted by molar-refractivity contribution is 6.30. The van der Waals surface area contributed by atoms with Crippen LogP contribution in [0.1, 0.15) is 49.4 Å². The number of carbonyl (C=O) groups is 3. The number of ether oxygens (including phenoxy) is 1. The topological polar surface area (TPSA) is 89.1 Å². The first-order valence-electron chi connectivity index (χ1n) is 8.25. The average Bonchev–Trinajstić information content (AvgIpc) is 2.93. The first kappa shape index (κ1) is 18.8. The summed E-state index contributed by atoms with van der Waals surface area (Å²) in [6, 6.07) is 8.43. The summed E-state index contributed by atoms with van der Waals surface area (Å²) in [4.78, 5) is 43.7. The molecule has 0 radical (unpaired) electrons. The predicted octanol–water partition coefficient (Wildman–Crippen LogP) is 4.08. The molecule has 138 valence electrons. The van der Waals surface area contributed by atoms with Crippen molar-refractivity contribution in [2.75, 3.05) is 6.61 Å². The molecule has 0 unspecified atom stereocenters. The van der Waals surface area contributed by atoms with E-state index in [0.29, 0.717) is 27.7 Å². The Morgan fingerprint density at radius 1 is 1.19 bits per heavy atom. The van der Waals surface area contributed by atoms with Crippen molar-refractivity contribution in [2.45, 2.75) is 20.8 Å². The molecule has 0 aliphatic carbocycles. The number of fused-ring (bicyclic) bond motifs is 1. The SMILES string of the molecule is CC(=O)c1c(C)[nH]c(C(=O)COC(=O)c2cc(Cl)nc3ccccc23)c1C. The Morgan fingerprint density at radius 2 is 1.89 bits per heavy atom. The zero-order valence-corrected chi connectivity index (χ0v) is 15.8.